The Morgan fingerprint density at radius 3 is 2.43 bits per heavy atom. The Hall–Kier alpha value is -1.91. The molecule has 2 rings (SSSR count). The number of amides is 2. The van der Waals surface area contributed by atoms with Crippen LogP contribution in [0, 0.1) is 5.92 Å². The molecule has 2 amide bonds. The first kappa shape index (κ1) is 15.5. The molecule has 2 N–H and O–H groups in total. The maximum Gasteiger partial charge on any atom is 0.251 e. The molecule has 0 radical (unpaired) electrons. The van der Waals surface area contributed by atoms with Crippen LogP contribution in [0.5, 0.6) is 0 Å². The molecule has 0 aliphatic heterocycles. The molecule has 5 heteroatoms. The Balaban J connectivity index is 1.58. The molecule has 0 unspecified atom stereocenters. The summed E-state index contributed by atoms with van der Waals surface area (Å²) >= 11 is 0. The summed E-state index contributed by atoms with van der Waals surface area (Å²) in [6.45, 7) is 0.917. The highest BCUT2D eigenvalue weighted by Gasteiger charge is 2.16. The minimum atomic E-state index is -0.140. The lowest BCUT2D eigenvalue weighted by Crippen LogP contribution is -2.35. The fourth-order valence-electron chi connectivity index (χ4n) is 2.71. The van der Waals surface area contributed by atoms with E-state index in [-0.39, 0.29) is 11.8 Å². The number of nitrogens with one attached hydrogen (secondary N) is 2. The van der Waals surface area contributed by atoms with E-state index in [1.165, 1.54) is 32.1 Å². The highest BCUT2D eigenvalue weighted by Crippen LogP contribution is 2.25. The second kappa shape index (κ2) is 8.39. The van der Waals surface area contributed by atoms with Crippen LogP contribution in [0.3, 0.4) is 0 Å². The molecule has 0 aromatic carbocycles. The van der Waals surface area contributed by atoms with E-state index in [0.717, 1.165) is 0 Å². The van der Waals surface area contributed by atoms with Crippen molar-refractivity contribution >= 4 is 11.8 Å². The number of aromatic nitrogens is 1. The summed E-state index contributed by atoms with van der Waals surface area (Å²) in [7, 11) is 0. The van der Waals surface area contributed by atoms with Crippen molar-refractivity contribution in [2.75, 3.05) is 13.1 Å². The Bertz CT molecular complexity index is 456. The number of hydrogen-bond acceptors (Lipinski definition) is 3. The van der Waals surface area contributed by atoms with Crippen LogP contribution in [0.25, 0.3) is 0 Å². The zero-order valence-electron chi connectivity index (χ0n) is 12.3. The number of hydrogen-bond donors (Lipinski definition) is 2. The summed E-state index contributed by atoms with van der Waals surface area (Å²) < 4.78 is 0. The van der Waals surface area contributed by atoms with Gasteiger partial charge < -0.3 is 10.6 Å². The van der Waals surface area contributed by atoms with Gasteiger partial charge in [0.05, 0.1) is 0 Å². The largest absolute Gasteiger partial charge is 0.354 e. The molecule has 0 spiro atoms. The highest BCUT2D eigenvalue weighted by atomic mass is 16.2. The maximum absolute atomic E-state index is 11.8. The first-order valence-corrected chi connectivity index (χ1v) is 7.70. The Morgan fingerprint density at radius 1 is 1.05 bits per heavy atom. The summed E-state index contributed by atoms with van der Waals surface area (Å²) in [6.07, 6.45) is 9.94. The van der Waals surface area contributed by atoms with Crippen LogP contribution in [-0.4, -0.2) is 29.9 Å². The third kappa shape index (κ3) is 5.53. The Kier molecular flexibility index (Phi) is 6.19. The fourth-order valence-corrected chi connectivity index (χ4v) is 2.71. The number of carbonyl (C=O) groups excluding carboxylic acids is 2. The van der Waals surface area contributed by atoms with Gasteiger partial charge in [0.15, 0.2) is 0 Å². The van der Waals surface area contributed by atoms with Crippen LogP contribution in [0.4, 0.5) is 0 Å². The predicted octanol–water partition coefficient (Wildman–Crippen LogP) is 1.90. The van der Waals surface area contributed by atoms with Crippen LogP contribution < -0.4 is 10.6 Å². The number of carbonyl (C=O) groups is 2. The standard InChI is InChI=1S/C16H23N3O2/c20-15(12-13-4-2-1-3-5-13)18-10-11-19-16(21)14-6-8-17-9-7-14/h6-9,13H,1-5,10-12H2,(H,18,20)(H,19,21). The zero-order valence-corrected chi connectivity index (χ0v) is 12.3. The quantitative estimate of drug-likeness (QED) is 0.786. The summed E-state index contributed by atoms with van der Waals surface area (Å²) in [6, 6.07) is 3.33. The maximum atomic E-state index is 11.8. The molecular weight excluding hydrogens is 266 g/mol. The van der Waals surface area contributed by atoms with Gasteiger partial charge in [0, 0.05) is 37.5 Å². The van der Waals surface area contributed by atoms with E-state index in [1.807, 2.05) is 0 Å². The van der Waals surface area contributed by atoms with Gasteiger partial charge in [-0.1, -0.05) is 19.3 Å². The molecule has 114 valence electrons. The third-order valence-electron chi connectivity index (χ3n) is 3.87. The minimum absolute atomic E-state index is 0.0973. The number of nitrogens with zero attached hydrogens (tertiary/aromatic N) is 1. The van der Waals surface area contributed by atoms with Crippen molar-refractivity contribution in [3.8, 4) is 0 Å². The van der Waals surface area contributed by atoms with E-state index >= 15 is 0 Å². The molecular formula is C16H23N3O2. The van der Waals surface area contributed by atoms with E-state index in [9.17, 15) is 9.59 Å². The van der Waals surface area contributed by atoms with Gasteiger partial charge in [-0.25, -0.2) is 0 Å². The third-order valence-corrected chi connectivity index (χ3v) is 3.87. The van der Waals surface area contributed by atoms with Crippen molar-refractivity contribution in [2.45, 2.75) is 38.5 Å². The molecule has 0 bridgehead atoms. The van der Waals surface area contributed by atoms with Gasteiger partial charge in [-0.3, -0.25) is 14.6 Å². The second-order valence-corrected chi connectivity index (χ2v) is 5.55. The van der Waals surface area contributed by atoms with Gasteiger partial charge in [-0.2, -0.15) is 0 Å². The molecule has 1 saturated carbocycles. The van der Waals surface area contributed by atoms with Crippen molar-refractivity contribution in [2.24, 2.45) is 5.92 Å². The van der Waals surface area contributed by atoms with Crippen LogP contribution in [0.15, 0.2) is 24.5 Å². The van der Waals surface area contributed by atoms with Crippen molar-refractivity contribution in [1.29, 1.82) is 0 Å². The van der Waals surface area contributed by atoms with Crippen LogP contribution in [-0.2, 0) is 4.79 Å². The van der Waals surface area contributed by atoms with Gasteiger partial charge in [0.25, 0.3) is 5.91 Å². The van der Waals surface area contributed by atoms with E-state index in [1.54, 1.807) is 24.5 Å². The SMILES string of the molecule is O=C(CC1CCCCC1)NCCNC(=O)c1ccncc1. The zero-order chi connectivity index (χ0) is 14.9. The molecule has 5 nitrogen and oxygen atoms in total. The molecule has 1 aliphatic carbocycles. The Labute approximate surface area is 125 Å². The lowest BCUT2D eigenvalue weighted by Gasteiger charge is -2.20. The fraction of sp³-hybridized carbons (Fsp3) is 0.562. The lowest BCUT2D eigenvalue weighted by molar-refractivity contribution is -0.122. The second-order valence-electron chi connectivity index (χ2n) is 5.55. The molecule has 1 aliphatic rings. The van der Waals surface area contributed by atoms with Crippen LogP contribution >= 0.6 is 0 Å². The first-order chi connectivity index (χ1) is 10.3. The molecule has 1 aromatic rings. The van der Waals surface area contributed by atoms with Crippen molar-refractivity contribution in [1.82, 2.24) is 15.6 Å². The van der Waals surface area contributed by atoms with Crippen LogP contribution in [0.1, 0.15) is 48.9 Å². The summed E-state index contributed by atoms with van der Waals surface area (Å²) in [5.74, 6) is 0.504. The first-order valence-electron chi connectivity index (χ1n) is 7.70. The van der Waals surface area contributed by atoms with Gasteiger partial charge in [0.1, 0.15) is 0 Å². The summed E-state index contributed by atoms with van der Waals surface area (Å²) in [5.41, 5.74) is 0.582. The van der Waals surface area contributed by atoms with Gasteiger partial charge >= 0.3 is 0 Å². The predicted molar refractivity (Wildman–Crippen MR) is 80.8 cm³/mol. The lowest BCUT2D eigenvalue weighted by atomic mass is 9.87. The van der Waals surface area contributed by atoms with E-state index in [4.69, 9.17) is 0 Å². The smallest absolute Gasteiger partial charge is 0.251 e. The van der Waals surface area contributed by atoms with E-state index in [0.29, 0.717) is 31.0 Å². The molecule has 0 saturated heterocycles. The topological polar surface area (TPSA) is 71.1 Å². The average molecular weight is 289 g/mol. The highest BCUT2D eigenvalue weighted by molar-refractivity contribution is 5.93. The molecule has 1 aromatic heterocycles. The average Bonchev–Trinajstić information content (AvgIpc) is 2.53. The number of rotatable bonds is 6. The minimum Gasteiger partial charge on any atom is -0.354 e. The van der Waals surface area contributed by atoms with Crippen molar-refractivity contribution in [3.63, 3.8) is 0 Å². The summed E-state index contributed by atoms with van der Waals surface area (Å²) in [5, 5.41) is 5.65. The molecule has 1 heterocycles. The molecule has 21 heavy (non-hydrogen) atoms. The van der Waals surface area contributed by atoms with E-state index < -0.39 is 0 Å². The van der Waals surface area contributed by atoms with Gasteiger partial charge in [0.2, 0.25) is 5.91 Å². The van der Waals surface area contributed by atoms with Crippen molar-refractivity contribution < 1.29 is 9.59 Å². The van der Waals surface area contributed by atoms with Gasteiger partial charge in [-0.15, -0.1) is 0 Å². The van der Waals surface area contributed by atoms with Crippen LogP contribution in [0.2, 0.25) is 0 Å². The van der Waals surface area contributed by atoms with E-state index in [2.05, 4.69) is 15.6 Å². The van der Waals surface area contributed by atoms with Gasteiger partial charge in [-0.05, 0) is 30.9 Å². The normalized spacial score (nSPS) is 15.4. The molecule has 0 atom stereocenters. The summed E-state index contributed by atoms with van der Waals surface area (Å²) in [4.78, 5) is 27.4. The Morgan fingerprint density at radius 2 is 1.71 bits per heavy atom. The van der Waals surface area contributed by atoms with Crippen molar-refractivity contribution in [3.05, 3.63) is 30.1 Å². The molecule has 1 fully saturated rings. The number of pyridine rings is 1. The monoisotopic (exact) mass is 289 g/mol.